The molecule has 4 aromatic rings. The molecule has 35 heavy (non-hydrogen) atoms. The standard InChI is InChI=1S/C26H20N4O2S3/c1-14-9-15(2)11-16(10-14)29-24(31)22-21(19-6-4-8-34-19)18(13-27)23(28)30-25(32)20(35-26(22)30)12-17-5-3-7-33-17/h3-12,21H,28H2,1-2H3,(H,29,31)/b20-12-. The molecular weight excluding hydrogens is 497 g/mol. The molecule has 1 atom stereocenters. The van der Waals surface area contributed by atoms with Gasteiger partial charge in [-0.3, -0.25) is 14.2 Å². The Morgan fingerprint density at radius 3 is 2.49 bits per heavy atom. The fourth-order valence-electron chi connectivity index (χ4n) is 4.26. The van der Waals surface area contributed by atoms with Gasteiger partial charge in [0.2, 0.25) is 0 Å². The van der Waals surface area contributed by atoms with Crippen molar-refractivity contribution in [2.24, 2.45) is 5.73 Å². The van der Waals surface area contributed by atoms with Gasteiger partial charge in [-0.25, -0.2) is 0 Å². The number of nitrogens with zero attached hydrogens (tertiary/aromatic N) is 2. The third kappa shape index (κ3) is 4.17. The first-order chi connectivity index (χ1) is 16.9. The minimum absolute atomic E-state index is 0.0657. The Morgan fingerprint density at radius 2 is 1.86 bits per heavy atom. The van der Waals surface area contributed by atoms with Gasteiger partial charge < -0.3 is 11.1 Å². The van der Waals surface area contributed by atoms with Crippen molar-refractivity contribution in [3.63, 3.8) is 0 Å². The minimum atomic E-state index is -0.668. The molecular formula is C26H20N4O2S3. The molecule has 0 aliphatic carbocycles. The highest BCUT2D eigenvalue weighted by molar-refractivity contribution is 7.11. The normalized spacial score (nSPS) is 15.7. The number of nitrogens with one attached hydrogen (secondary N) is 1. The summed E-state index contributed by atoms with van der Waals surface area (Å²) in [5.74, 6) is -0.971. The van der Waals surface area contributed by atoms with Gasteiger partial charge in [0.1, 0.15) is 10.5 Å². The van der Waals surface area contributed by atoms with Crippen LogP contribution in [0.4, 0.5) is 5.69 Å². The lowest BCUT2D eigenvalue weighted by Crippen LogP contribution is -2.40. The Labute approximate surface area is 213 Å². The number of carbonyl (C=O) groups is 1. The van der Waals surface area contributed by atoms with E-state index in [1.54, 1.807) is 6.08 Å². The molecule has 6 nitrogen and oxygen atoms in total. The Hall–Kier alpha value is -3.71. The molecule has 0 bridgehead atoms. The largest absolute Gasteiger partial charge is 0.384 e. The Balaban J connectivity index is 1.79. The average Bonchev–Trinajstić information content (AvgIpc) is 3.56. The zero-order valence-electron chi connectivity index (χ0n) is 18.9. The quantitative estimate of drug-likeness (QED) is 0.432. The molecule has 0 saturated carbocycles. The maximum Gasteiger partial charge on any atom is 0.274 e. The number of thiophene rings is 2. The number of rotatable bonds is 4. The molecule has 3 N–H and O–H groups in total. The van der Waals surface area contributed by atoms with Crippen LogP contribution in [-0.2, 0) is 4.79 Å². The number of aromatic nitrogens is 1. The van der Waals surface area contributed by atoms with Crippen LogP contribution in [0.3, 0.4) is 0 Å². The highest BCUT2D eigenvalue weighted by atomic mass is 32.1. The van der Waals surface area contributed by atoms with Crippen molar-refractivity contribution in [3.05, 3.63) is 99.2 Å². The number of thiazole rings is 1. The van der Waals surface area contributed by atoms with Crippen molar-refractivity contribution in [2.75, 3.05) is 5.32 Å². The molecule has 4 heterocycles. The van der Waals surface area contributed by atoms with Crippen LogP contribution in [0.5, 0.6) is 0 Å². The maximum atomic E-state index is 13.8. The first-order valence-electron chi connectivity index (χ1n) is 10.7. The molecule has 1 aliphatic rings. The molecule has 0 saturated heterocycles. The topological polar surface area (TPSA) is 101 Å². The highest BCUT2D eigenvalue weighted by Gasteiger charge is 2.36. The first kappa shape index (κ1) is 23.1. The van der Waals surface area contributed by atoms with Crippen LogP contribution in [0.15, 0.2) is 63.6 Å². The Morgan fingerprint density at radius 1 is 1.14 bits per heavy atom. The van der Waals surface area contributed by atoms with Gasteiger partial charge in [0.05, 0.1) is 27.7 Å². The van der Waals surface area contributed by atoms with E-state index in [9.17, 15) is 14.9 Å². The van der Waals surface area contributed by atoms with Gasteiger partial charge in [-0.05, 0) is 66.1 Å². The molecule has 0 spiro atoms. The van der Waals surface area contributed by atoms with E-state index in [4.69, 9.17) is 5.73 Å². The van der Waals surface area contributed by atoms with E-state index in [1.165, 1.54) is 38.6 Å². The van der Waals surface area contributed by atoms with Gasteiger partial charge in [0.25, 0.3) is 11.5 Å². The van der Waals surface area contributed by atoms with Crippen LogP contribution in [0.25, 0.3) is 17.5 Å². The Kier molecular flexibility index (Phi) is 6.03. The SMILES string of the molecule is Cc1cc(C)cc(NC(=O)C2=c3s/c(=C\c4cccs4)c(=O)n3C(N)=C(C#N)C2c2cccs2)c1. The summed E-state index contributed by atoms with van der Waals surface area (Å²) in [5.41, 5.74) is 9.29. The molecule has 1 aromatic carbocycles. The summed E-state index contributed by atoms with van der Waals surface area (Å²) >= 11 is 4.17. The lowest BCUT2D eigenvalue weighted by atomic mass is 9.88. The van der Waals surface area contributed by atoms with Crippen LogP contribution in [0, 0.1) is 25.2 Å². The third-order valence-corrected chi connectivity index (χ3v) is 8.50. The summed E-state index contributed by atoms with van der Waals surface area (Å²) in [6.45, 7) is 3.93. The predicted octanol–water partition coefficient (Wildman–Crippen LogP) is 3.72. The van der Waals surface area contributed by atoms with Crippen LogP contribution >= 0.6 is 34.0 Å². The fourth-order valence-corrected chi connectivity index (χ4v) is 7.00. The summed E-state index contributed by atoms with van der Waals surface area (Å²) in [6.07, 6.45) is 1.79. The molecule has 174 valence electrons. The van der Waals surface area contributed by atoms with E-state index in [-0.39, 0.29) is 22.9 Å². The van der Waals surface area contributed by atoms with Crippen molar-refractivity contribution in [1.82, 2.24) is 4.57 Å². The van der Waals surface area contributed by atoms with Crippen LogP contribution < -0.4 is 25.8 Å². The minimum Gasteiger partial charge on any atom is -0.384 e. The van der Waals surface area contributed by atoms with Crippen molar-refractivity contribution >= 4 is 63.1 Å². The molecule has 5 rings (SSSR count). The molecule has 0 fully saturated rings. The molecule has 0 radical (unpaired) electrons. The Bertz CT molecular complexity index is 1680. The van der Waals surface area contributed by atoms with Crippen LogP contribution in [0.1, 0.15) is 26.8 Å². The molecule has 9 heteroatoms. The molecule has 1 unspecified atom stereocenters. The number of fused-ring (bicyclic) bond motifs is 1. The first-order valence-corrected chi connectivity index (χ1v) is 13.3. The van der Waals surface area contributed by atoms with E-state index in [0.29, 0.717) is 20.5 Å². The summed E-state index contributed by atoms with van der Waals surface area (Å²) in [7, 11) is 0. The van der Waals surface area contributed by atoms with E-state index >= 15 is 0 Å². The number of nitriles is 1. The number of hydrogen-bond acceptors (Lipinski definition) is 7. The van der Waals surface area contributed by atoms with E-state index in [1.807, 2.05) is 67.1 Å². The zero-order valence-corrected chi connectivity index (χ0v) is 21.3. The van der Waals surface area contributed by atoms with Gasteiger partial charge >= 0.3 is 0 Å². The van der Waals surface area contributed by atoms with E-state index in [0.717, 1.165) is 20.9 Å². The van der Waals surface area contributed by atoms with E-state index in [2.05, 4.69) is 11.4 Å². The summed E-state index contributed by atoms with van der Waals surface area (Å²) in [6, 6.07) is 15.6. The van der Waals surface area contributed by atoms with E-state index < -0.39 is 5.92 Å². The zero-order chi connectivity index (χ0) is 24.7. The van der Waals surface area contributed by atoms with Gasteiger partial charge in [-0.1, -0.05) is 18.2 Å². The number of aryl methyl sites for hydroxylation is 2. The maximum absolute atomic E-state index is 13.8. The smallest absolute Gasteiger partial charge is 0.274 e. The number of carbonyl (C=O) groups excluding carboxylic acids is 1. The van der Waals surface area contributed by atoms with Crippen molar-refractivity contribution in [2.45, 2.75) is 19.8 Å². The summed E-state index contributed by atoms with van der Waals surface area (Å²) < 4.78 is 2.20. The van der Waals surface area contributed by atoms with Gasteiger partial charge in [0, 0.05) is 15.4 Å². The second-order valence-corrected chi connectivity index (χ2v) is 11.2. The summed E-state index contributed by atoms with van der Waals surface area (Å²) in [5, 5.41) is 16.9. The van der Waals surface area contributed by atoms with Crippen LogP contribution in [-0.4, -0.2) is 10.5 Å². The second-order valence-electron chi connectivity index (χ2n) is 8.18. The highest BCUT2D eigenvalue weighted by Crippen LogP contribution is 2.38. The monoisotopic (exact) mass is 516 g/mol. The van der Waals surface area contributed by atoms with Crippen molar-refractivity contribution in [1.29, 1.82) is 5.26 Å². The molecule has 1 amide bonds. The number of hydrogen-bond donors (Lipinski definition) is 2. The number of allylic oxidation sites excluding steroid dienone is 1. The lowest BCUT2D eigenvalue weighted by molar-refractivity contribution is -0.111. The summed E-state index contributed by atoms with van der Waals surface area (Å²) in [4.78, 5) is 29.0. The number of nitrogens with two attached hydrogens (primary N) is 1. The van der Waals surface area contributed by atoms with Crippen molar-refractivity contribution < 1.29 is 4.79 Å². The predicted molar refractivity (Wildman–Crippen MR) is 144 cm³/mol. The van der Waals surface area contributed by atoms with Gasteiger partial charge in [-0.15, -0.1) is 34.0 Å². The molecule has 3 aromatic heterocycles. The number of amides is 1. The number of benzene rings is 1. The lowest BCUT2D eigenvalue weighted by Gasteiger charge is -2.24. The van der Waals surface area contributed by atoms with Gasteiger partial charge in [-0.2, -0.15) is 5.26 Å². The third-order valence-electron chi connectivity index (χ3n) is 5.64. The second kappa shape index (κ2) is 9.15. The van der Waals surface area contributed by atoms with Crippen LogP contribution in [0.2, 0.25) is 0 Å². The number of anilines is 1. The van der Waals surface area contributed by atoms with Crippen molar-refractivity contribution in [3.8, 4) is 6.07 Å². The van der Waals surface area contributed by atoms with Gasteiger partial charge in [0.15, 0.2) is 0 Å². The fraction of sp³-hybridized carbons (Fsp3) is 0.115. The average molecular weight is 517 g/mol. The molecule has 1 aliphatic heterocycles.